The van der Waals surface area contributed by atoms with E-state index in [0.717, 1.165) is 23.1 Å². The van der Waals surface area contributed by atoms with Gasteiger partial charge in [0.2, 0.25) is 0 Å². The Kier molecular flexibility index (Phi) is 5.64. The summed E-state index contributed by atoms with van der Waals surface area (Å²) < 4.78 is 57.0. The number of nitrogens with zero attached hydrogens (tertiary/aromatic N) is 1. The van der Waals surface area contributed by atoms with Gasteiger partial charge in [0, 0.05) is 24.3 Å². The van der Waals surface area contributed by atoms with Crippen molar-refractivity contribution < 1.29 is 27.2 Å². The molecule has 0 unspecified atom stereocenters. The number of likely N-dealkylation sites (tertiary alicyclic amines) is 1. The Bertz CT molecular complexity index is 962. The summed E-state index contributed by atoms with van der Waals surface area (Å²) >= 11 is 0. The number of aryl methyl sites for hydroxylation is 1. The monoisotopic (exact) mass is 408 g/mol. The first-order valence-corrected chi connectivity index (χ1v) is 9.14. The van der Waals surface area contributed by atoms with Gasteiger partial charge >= 0.3 is 5.92 Å². The molecule has 1 saturated heterocycles. The summed E-state index contributed by atoms with van der Waals surface area (Å²) in [5.41, 5.74) is -0.844. The van der Waals surface area contributed by atoms with Crippen LogP contribution in [0.15, 0.2) is 36.4 Å². The Labute approximate surface area is 165 Å². The average molecular weight is 408 g/mol. The Hall–Kier alpha value is -2.90. The molecule has 1 aliphatic heterocycles. The topological polar surface area (TPSA) is 49.4 Å². The molecule has 0 bridgehead atoms. The maximum Gasteiger partial charge on any atom is 0.352 e. The number of benzene rings is 2. The number of amides is 2. The largest absolute Gasteiger partial charge is 0.352 e. The molecule has 1 heterocycles. The van der Waals surface area contributed by atoms with Crippen molar-refractivity contribution in [3.8, 4) is 0 Å². The lowest BCUT2D eigenvalue weighted by molar-refractivity contribution is -0.158. The third-order valence-corrected chi connectivity index (χ3v) is 4.96. The highest BCUT2D eigenvalue weighted by Crippen LogP contribution is 2.34. The minimum absolute atomic E-state index is 0.0934. The zero-order valence-electron chi connectivity index (χ0n) is 15.9. The molecule has 154 valence electrons. The van der Waals surface area contributed by atoms with E-state index < -0.39 is 34.9 Å². The predicted molar refractivity (Wildman–Crippen MR) is 99.7 cm³/mol. The second kappa shape index (κ2) is 7.85. The lowest BCUT2D eigenvalue weighted by atomic mass is 10.0. The van der Waals surface area contributed by atoms with E-state index in [-0.39, 0.29) is 30.3 Å². The van der Waals surface area contributed by atoms with Gasteiger partial charge in [-0.15, -0.1) is 0 Å². The maximum absolute atomic E-state index is 14.8. The van der Waals surface area contributed by atoms with E-state index in [9.17, 15) is 27.2 Å². The van der Waals surface area contributed by atoms with Crippen LogP contribution in [0, 0.1) is 24.5 Å². The Morgan fingerprint density at radius 2 is 1.79 bits per heavy atom. The van der Waals surface area contributed by atoms with E-state index in [1.807, 2.05) is 6.92 Å². The molecular formula is C21H20F4N2O2. The van der Waals surface area contributed by atoms with Gasteiger partial charge in [0.15, 0.2) is 0 Å². The van der Waals surface area contributed by atoms with Gasteiger partial charge in [-0.2, -0.15) is 8.78 Å². The molecule has 0 spiro atoms. The summed E-state index contributed by atoms with van der Waals surface area (Å²) in [6.45, 7) is 3.71. The summed E-state index contributed by atoms with van der Waals surface area (Å²) in [6.07, 6.45) is 0.601. The van der Waals surface area contributed by atoms with E-state index in [4.69, 9.17) is 0 Å². The first kappa shape index (κ1) is 20.8. The van der Waals surface area contributed by atoms with Gasteiger partial charge in [-0.05, 0) is 61.2 Å². The van der Waals surface area contributed by atoms with E-state index >= 15 is 0 Å². The molecule has 1 aliphatic rings. The fourth-order valence-corrected chi connectivity index (χ4v) is 3.27. The molecule has 1 fully saturated rings. The second-order valence-electron chi connectivity index (χ2n) is 7.33. The fraction of sp³-hybridized carbons (Fsp3) is 0.333. The van der Waals surface area contributed by atoms with Gasteiger partial charge in [0.25, 0.3) is 11.8 Å². The van der Waals surface area contributed by atoms with Crippen molar-refractivity contribution in [2.75, 3.05) is 18.4 Å². The quantitative estimate of drug-likeness (QED) is 0.758. The Balaban J connectivity index is 1.85. The number of carbonyl (C=O) groups excluding carboxylic acids is 2. The highest BCUT2D eigenvalue weighted by atomic mass is 19.3. The van der Waals surface area contributed by atoms with E-state index in [1.165, 1.54) is 19.1 Å². The number of alkyl halides is 2. The maximum atomic E-state index is 14.8. The molecule has 2 aromatic carbocycles. The second-order valence-corrected chi connectivity index (χ2v) is 7.33. The molecule has 3 rings (SSSR count). The van der Waals surface area contributed by atoms with E-state index in [2.05, 4.69) is 5.32 Å². The smallest absolute Gasteiger partial charge is 0.337 e. The van der Waals surface area contributed by atoms with Crippen molar-refractivity contribution in [1.29, 1.82) is 0 Å². The SMILES string of the molecule is Cc1cc(NC(=O)c2ccc(F)c(C(F)(F)C(=O)N3CC[C@H](C)C3)c2)ccc1F. The van der Waals surface area contributed by atoms with Crippen LogP contribution in [-0.2, 0) is 10.7 Å². The Morgan fingerprint density at radius 1 is 1.10 bits per heavy atom. The van der Waals surface area contributed by atoms with Gasteiger partial charge in [-0.1, -0.05) is 6.92 Å². The molecular weight excluding hydrogens is 388 g/mol. The minimum Gasteiger partial charge on any atom is -0.337 e. The Morgan fingerprint density at radius 3 is 2.41 bits per heavy atom. The number of carbonyl (C=O) groups is 2. The summed E-state index contributed by atoms with van der Waals surface area (Å²) in [6, 6.07) is 6.31. The van der Waals surface area contributed by atoms with Gasteiger partial charge in [0.05, 0.1) is 5.56 Å². The number of halogens is 4. The normalized spacial score (nSPS) is 16.8. The van der Waals surface area contributed by atoms with Crippen LogP contribution in [0.2, 0.25) is 0 Å². The zero-order chi connectivity index (χ0) is 21.3. The molecule has 0 saturated carbocycles. The summed E-state index contributed by atoms with van der Waals surface area (Å²) in [4.78, 5) is 25.7. The molecule has 2 aromatic rings. The number of rotatable bonds is 4. The van der Waals surface area contributed by atoms with Crippen molar-refractivity contribution in [2.24, 2.45) is 5.92 Å². The lowest BCUT2D eigenvalue weighted by Gasteiger charge is -2.23. The zero-order valence-corrected chi connectivity index (χ0v) is 15.9. The van der Waals surface area contributed by atoms with Crippen LogP contribution in [-0.4, -0.2) is 29.8 Å². The summed E-state index contributed by atoms with van der Waals surface area (Å²) in [7, 11) is 0. The molecule has 8 heteroatoms. The van der Waals surface area contributed by atoms with Crippen LogP contribution < -0.4 is 5.32 Å². The third kappa shape index (κ3) is 4.26. The van der Waals surface area contributed by atoms with Crippen molar-refractivity contribution in [3.05, 3.63) is 64.7 Å². The molecule has 1 atom stereocenters. The van der Waals surface area contributed by atoms with E-state index in [1.54, 1.807) is 0 Å². The lowest BCUT2D eigenvalue weighted by Crippen LogP contribution is -2.41. The third-order valence-electron chi connectivity index (χ3n) is 4.96. The molecule has 0 aliphatic carbocycles. The standard InChI is InChI=1S/C21H20F4N2O2/c1-12-7-8-27(11-12)20(29)21(24,25)16-10-14(3-5-18(16)23)19(28)26-15-4-6-17(22)13(2)9-15/h3-6,9-10,12H,7-8,11H2,1-2H3,(H,26,28)/t12-/m0/s1. The van der Waals surface area contributed by atoms with Gasteiger partial charge in [-0.3, -0.25) is 9.59 Å². The van der Waals surface area contributed by atoms with Crippen molar-refractivity contribution in [2.45, 2.75) is 26.2 Å². The van der Waals surface area contributed by atoms with Gasteiger partial charge < -0.3 is 10.2 Å². The first-order valence-electron chi connectivity index (χ1n) is 9.14. The summed E-state index contributed by atoms with van der Waals surface area (Å²) in [5, 5.41) is 2.45. The van der Waals surface area contributed by atoms with Crippen LogP contribution in [0.25, 0.3) is 0 Å². The highest BCUT2D eigenvalue weighted by molar-refractivity contribution is 6.04. The molecule has 0 radical (unpaired) electrons. The molecule has 2 amide bonds. The first-order chi connectivity index (χ1) is 13.6. The van der Waals surface area contributed by atoms with Crippen LogP contribution in [0.4, 0.5) is 23.2 Å². The fourth-order valence-electron chi connectivity index (χ4n) is 3.27. The number of anilines is 1. The van der Waals surface area contributed by atoms with Crippen LogP contribution in [0.1, 0.15) is 34.8 Å². The van der Waals surface area contributed by atoms with Crippen LogP contribution in [0.3, 0.4) is 0 Å². The number of hydrogen-bond acceptors (Lipinski definition) is 2. The van der Waals surface area contributed by atoms with Crippen molar-refractivity contribution in [1.82, 2.24) is 4.90 Å². The average Bonchev–Trinajstić information content (AvgIpc) is 3.10. The predicted octanol–water partition coefficient (Wildman–Crippen LogP) is 4.49. The molecule has 0 aromatic heterocycles. The van der Waals surface area contributed by atoms with Crippen LogP contribution >= 0.6 is 0 Å². The van der Waals surface area contributed by atoms with E-state index in [0.29, 0.717) is 18.1 Å². The van der Waals surface area contributed by atoms with Crippen LogP contribution in [0.5, 0.6) is 0 Å². The van der Waals surface area contributed by atoms with Gasteiger partial charge in [0.1, 0.15) is 11.6 Å². The highest BCUT2D eigenvalue weighted by Gasteiger charge is 2.47. The van der Waals surface area contributed by atoms with Crippen molar-refractivity contribution >= 4 is 17.5 Å². The van der Waals surface area contributed by atoms with Gasteiger partial charge in [-0.25, -0.2) is 8.78 Å². The van der Waals surface area contributed by atoms with Crippen molar-refractivity contribution in [3.63, 3.8) is 0 Å². The number of hydrogen-bond donors (Lipinski definition) is 1. The number of nitrogens with one attached hydrogen (secondary N) is 1. The molecule has 4 nitrogen and oxygen atoms in total. The summed E-state index contributed by atoms with van der Waals surface area (Å²) in [5.74, 6) is -8.00. The minimum atomic E-state index is -4.10. The molecule has 1 N–H and O–H groups in total. The molecule has 29 heavy (non-hydrogen) atoms.